The van der Waals surface area contributed by atoms with Crippen molar-refractivity contribution in [3.63, 3.8) is 0 Å². The van der Waals surface area contributed by atoms with E-state index < -0.39 is 18.3 Å². The van der Waals surface area contributed by atoms with Crippen molar-refractivity contribution in [3.8, 4) is 0 Å². The predicted octanol–water partition coefficient (Wildman–Crippen LogP) is 1.18. The molecule has 0 aliphatic rings. The van der Waals surface area contributed by atoms with Gasteiger partial charge in [0, 0.05) is 17.8 Å². The van der Waals surface area contributed by atoms with E-state index in [4.69, 9.17) is 5.73 Å². The molecule has 6 heteroatoms. The van der Waals surface area contributed by atoms with Crippen molar-refractivity contribution in [2.75, 3.05) is 0 Å². The predicted molar refractivity (Wildman–Crippen MR) is 49.4 cm³/mol. The van der Waals surface area contributed by atoms with Crippen LogP contribution in [0.5, 0.6) is 0 Å². The molecule has 0 saturated carbocycles. The molecule has 0 radical (unpaired) electrons. The maximum Gasteiger partial charge on any atom is 0.406 e. The zero-order valence-corrected chi connectivity index (χ0v) is 8.14. The Morgan fingerprint density at radius 1 is 1.40 bits per heavy atom. The van der Waals surface area contributed by atoms with Gasteiger partial charge in [0.25, 0.3) is 5.56 Å². The largest absolute Gasteiger partial charge is 0.406 e. The molecule has 0 aliphatic heterocycles. The molecule has 0 bridgehead atoms. The minimum Gasteiger partial charge on any atom is -0.326 e. The molecule has 1 heterocycles. The number of halogens is 3. The summed E-state index contributed by atoms with van der Waals surface area (Å²) in [7, 11) is 0. The molecule has 0 unspecified atom stereocenters. The van der Waals surface area contributed by atoms with Gasteiger partial charge in [0.15, 0.2) is 0 Å². The number of alkyl halides is 3. The summed E-state index contributed by atoms with van der Waals surface area (Å²) in [5.41, 5.74) is 5.03. The van der Waals surface area contributed by atoms with Crippen molar-refractivity contribution in [2.45, 2.75) is 26.2 Å². The highest BCUT2D eigenvalue weighted by Crippen LogP contribution is 2.17. The Morgan fingerprint density at radius 3 is 2.47 bits per heavy atom. The number of rotatable bonds is 2. The highest BCUT2D eigenvalue weighted by molar-refractivity contribution is 5.15. The fraction of sp³-hybridized carbons (Fsp3) is 0.444. The Bertz CT molecular complexity index is 409. The topological polar surface area (TPSA) is 48.0 Å². The molecular formula is C9H11F3N2O. The second-order valence-electron chi connectivity index (χ2n) is 3.21. The molecule has 1 aromatic heterocycles. The second-order valence-corrected chi connectivity index (χ2v) is 3.21. The van der Waals surface area contributed by atoms with E-state index in [2.05, 4.69) is 0 Å². The average Bonchev–Trinajstić information content (AvgIpc) is 2.11. The first-order chi connectivity index (χ1) is 6.85. The third kappa shape index (κ3) is 2.82. The molecule has 2 N–H and O–H groups in total. The first kappa shape index (κ1) is 11.8. The van der Waals surface area contributed by atoms with Gasteiger partial charge in [0.05, 0.1) is 0 Å². The fourth-order valence-corrected chi connectivity index (χ4v) is 1.25. The van der Waals surface area contributed by atoms with Crippen LogP contribution in [0.25, 0.3) is 0 Å². The molecule has 0 saturated heterocycles. The van der Waals surface area contributed by atoms with Gasteiger partial charge in [0.2, 0.25) is 0 Å². The van der Waals surface area contributed by atoms with E-state index in [1.54, 1.807) is 0 Å². The summed E-state index contributed by atoms with van der Waals surface area (Å²) < 4.78 is 37.1. The van der Waals surface area contributed by atoms with Crippen molar-refractivity contribution in [3.05, 3.63) is 33.7 Å². The number of aromatic nitrogens is 1. The van der Waals surface area contributed by atoms with Crippen LogP contribution in [0.4, 0.5) is 13.2 Å². The summed E-state index contributed by atoms with van der Waals surface area (Å²) >= 11 is 0. The first-order valence-corrected chi connectivity index (χ1v) is 4.31. The highest BCUT2D eigenvalue weighted by Gasteiger charge is 2.29. The highest BCUT2D eigenvalue weighted by atomic mass is 19.4. The lowest BCUT2D eigenvalue weighted by Crippen LogP contribution is -2.32. The van der Waals surface area contributed by atoms with Crippen LogP contribution in [0.3, 0.4) is 0 Å². The van der Waals surface area contributed by atoms with Crippen molar-refractivity contribution >= 4 is 0 Å². The van der Waals surface area contributed by atoms with Gasteiger partial charge < -0.3 is 10.3 Å². The van der Waals surface area contributed by atoms with Gasteiger partial charge in [0.1, 0.15) is 6.54 Å². The monoisotopic (exact) mass is 220 g/mol. The van der Waals surface area contributed by atoms with Gasteiger partial charge in [-0.3, -0.25) is 4.79 Å². The van der Waals surface area contributed by atoms with Crippen LogP contribution in [0.2, 0.25) is 0 Å². The molecule has 0 aliphatic carbocycles. The molecule has 1 rings (SSSR count). The first-order valence-electron chi connectivity index (χ1n) is 4.31. The van der Waals surface area contributed by atoms with Gasteiger partial charge in [-0.2, -0.15) is 13.2 Å². The molecule has 0 fully saturated rings. The minimum atomic E-state index is -4.40. The SMILES string of the molecule is Cc1ccc(CN)c(=O)n1CC(F)(F)F. The quantitative estimate of drug-likeness (QED) is 0.813. The molecule has 3 nitrogen and oxygen atoms in total. The summed E-state index contributed by atoms with van der Waals surface area (Å²) in [4.78, 5) is 11.5. The normalized spacial score (nSPS) is 11.8. The van der Waals surface area contributed by atoms with Crippen LogP contribution in [0, 0.1) is 6.92 Å². The number of pyridine rings is 1. The lowest BCUT2D eigenvalue weighted by Gasteiger charge is -2.13. The van der Waals surface area contributed by atoms with E-state index in [9.17, 15) is 18.0 Å². The smallest absolute Gasteiger partial charge is 0.326 e. The summed E-state index contributed by atoms with van der Waals surface area (Å²) in [6.07, 6.45) is -4.40. The third-order valence-electron chi connectivity index (χ3n) is 2.03. The van der Waals surface area contributed by atoms with Crippen LogP contribution in [0.1, 0.15) is 11.3 Å². The Labute approximate surface area is 84.3 Å². The van der Waals surface area contributed by atoms with Crippen molar-refractivity contribution < 1.29 is 13.2 Å². The fourth-order valence-electron chi connectivity index (χ4n) is 1.25. The van der Waals surface area contributed by atoms with Crippen molar-refractivity contribution in [1.29, 1.82) is 0 Å². The van der Waals surface area contributed by atoms with E-state index in [-0.39, 0.29) is 17.8 Å². The van der Waals surface area contributed by atoms with Gasteiger partial charge >= 0.3 is 6.18 Å². The molecular weight excluding hydrogens is 209 g/mol. The molecule has 0 aromatic carbocycles. The number of hydrogen-bond donors (Lipinski definition) is 1. The van der Waals surface area contributed by atoms with Gasteiger partial charge in [-0.25, -0.2) is 0 Å². The van der Waals surface area contributed by atoms with Crippen LogP contribution in [-0.4, -0.2) is 10.7 Å². The zero-order chi connectivity index (χ0) is 11.6. The third-order valence-corrected chi connectivity index (χ3v) is 2.03. The van der Waals surface area contributed by atoms with Gasteiger partial charge in [-0.15, -0.1) is 0 Å². The molecule has 0 atom stereocenters. The summed E-state index contributed by atoms with van der Waals surface area (Å²) in [5.74, 6) is 0. The van der Waals surface area contributed by atoms with E-state index in [1.165, 1.54) is 19.1 Å². The van der Waals surface area contributed by atoms with E-state index >= 15 is 0 Å². The lowest BCUT2D eigenvalue weighted by atomic mass is 10.2. The number of aryl methyl sites for hydroxylation is 1. The second kappa shape index (κ2) is 4.06. The number of hydrogen-bond acceptors (Lipinski definition) is 2. The summed E-state index contributed by atoms with van der Waals surface area (Å²) in [6, 6.07) is 2.90. The van der Waals surface area contributed by atoms with Gasteiger partial charge in [-0.05, 0) is 13.0 Å². The Kier molecular flexibility index (Phi) is 3.18. The molecule has 0 amide bonds. The molecule has 0 spiro atoms. The number of nitrogens with zero attached hydrogens (tertiary/aromatic N) is 1. The Morgan fingerprint density at radius 2 is 2.00 bits per heavy atom. The van der Waals surface area contributed by atoms with Crippen molar-refractivity contribution in [1.82, 2.24) is 4.57 Å². The standard InChI is InChI=1S/C9H11F3N2O/c1-6-2-3-7(4-13)8(15)14(6)5-9(10,11)12/h2-3H,4-5,13H2,1H3. The van der Waals surface area contributed by atoms with Crippen LogP contribution in [-0.2, 0) is 13.1 Å². The van der Waals surface area contributed by atoms with Crippen molar-refractivity contribution in [2.24, 2.45) is 5.73 Å². The maximum absolute atomic E-state index is 12.1. The number of nitrogens with two attached hydrogens (primary N) is 1. The molecule has 84 valence electrons. The average molecular weight is 220 g/mol. The Hall–Kier alpha value is -1.30. The maximum atomic E-state index is 12.1. The lowest BCUT2D eigenvalue weighted by molar-refractivity contribution is -0.141. The van der Waals surface area contributed by atoms with Crippen LogP contribution in [0.15, 0.2) is 16.9 Å². The Balaban J connectivity index is 3.22. The molecule has 15 heavy (non-hydrogen) atoms. The van der Waals surface area contributed by atoms with E-state index in [1.807, 2.05) is 0 Å². The summed E-state index contributed by atoms with van der Waals surface area (Å²) in [5, 5.41) is 0. The van der Waals surface area contributed by atoms with E-state index in [0.717, 1.165) is 0 Å². The zero-order valence-electron chi connectivity index (χ0n) is 8.14. The van der Waals surface area contributed by atoms with Crippen LogP contribution < -0.4 is 11.3 Å². The van der Waals surface area contributed by atoms with Crippen LogP contribution >= 0.6 is 0 Å². The minimum absolute atomic E-state index is 0.0586. The summed E-state index contributed by atoms with van der Waals surface area (Å²) in [6.45, 7) is 0.121. The van der Waals surface area contributed by atoms with Gasteiger partial charge in [-0.1, -0.05) is 6.07 Å². The molecule has 1 aromatic rings. The van der Waals surface area contributed by atoms with E-state index in [0.29, 0.717) is 4.57 Å².